The molecule has 1 aliphatic heterocycles. The van der Waals surface area contributed by atoms with Gasteiger partial charge in [-0.3, -0.25) is 9.36 Å². The van der Waals surface area contributed by atoms with Gasteiger partial charge in [0.15, 0.2) is 0 Å². The maximum absolute atomic E-state index is 13.0. The molecule has 2 aromatic heterocycles. The molecule has 7 nitrogen and oxygen atoms in total. The van der Waals surface area contributed by atoms with E-state index in [0.29, 0.717) is 17.5 Å². The molecule has 1 amide bonds. The lowest BCUT2D eigenvalue weighted by molar-refractivity contribution is 0.102. The fourth-order valence-corrected chi connectivity index (χ4v) is 3.37. The SMILES string of the molecule is CC1CCCCN1c1cc(-n2cnc(C(=O)Nc3ccc(F)cc3)c2)ncn1. The predicted molar refractivity (Wildman–Crippen MR) is 104 cm³/mol. The normalized spacial score (nSPS) is 16.8. The van der Waals surface area contributed by atoms with Gasteiger partial charge >= 0.3 is 0 Å². The molecule has 28 heavy (non-hydrogen) atoms. The Bertz CT molecular complexity index is 971. The summed E-state index contributed by atoms with van der Waals surface area (Å²) < 4.78 is 14.7. The first-order chi connectivity index (χ1) is 13.6. The van der Waals surface area contributed by atoms with Crippen LogP contribution in [0, 0.1) is 5.82 Å². The standard InChI is InChI=1S/C20H21FN6O/c1-14-4-2-3-9-27(14)19-10-18(22-12-23-19)26-11-17(24-13-26)20(28)25-16-7-5-15(21)6-8-16/h5-8,10-14H,2-4,9H2,1H3,(H,25,28). The van der Waals surface area contributed by atoms with E-state index in [2.05, 4.69) is 32.1 Å². The van der Waals surface area contributed by atoms with E-state index in [4.69, 9.17) is 0 Å². The summed E-state index contributed by atoms with van der Waals surface area (Å²) in [5, 5.41) is 2.70. The molecule has 0 radical (unpaired) electrons. The van der Waals surface area contributed by atoms with Crippen LogP contribution < -0.4 is 10.2 Å². The monoisotopic (exact) mass is 380 g/mol. The van der Waals surface area contributed by atoms with Crippen molar-refractivity contribution in [3.8, 4) is 5.82 Å². The Kier molecular flexibility index (Phi) is 5.01. The molecule has 3 heterocycles. The number of carbonyl (C=O) groups is 1. The number of hydrogen-bond donors (Lipinski definition) is 1. The fraction of sp³-hybridized carbons (Fsp3) is 0.300. The quantitative estimate of drug-likeness (QED) is 0.750. The van der Waals surface area contributed by atoms with Crippen LogP contribution in [0.1, 0.15) is 36.7 Å². The smallest absolute Gasteiger partial charge is 0.275 e. The number of nitrogens with one attached hydrogen (secondary N) is 1. The lowest BCUT2D eigenvalue weighted by Gasteiger charge is -2.34. The van der Waals surface area contributed by atoms with E-state index in [1.165, 1.54) is 37.0 Å². The molecule has 144 valence electrons. The maximum Gasteiger partial charge on any atom is 0.275 e. The Morgan fingerprint density at radius 3 is 2.71 bits per heavy atom. The molecule has 1 aromatic carbocycles. The van der Waals surface area contributed by atoms with Gasteiger partial charge in [-0.05, 0) is 50.5 Å². The molecule has 3 aromatic rings. The van der Waals surface area contributed by atoms with Crippen LogP contribution in [0.25, 0.3) is 5.82 Å². The topological polar surface area (TPSA) is 75.9 Å². The van der Waals surface area contributed by atoms with Gasteiger partial charge in [-0.25, -0.2) is 19.3 Å². The first-order valence-corrected chi connectivity index (χ1v) is 9.30. The minimum atomic E-state index is -0.371. The van der Waals surface area contributed by atoms with Crippen molar-refractivity contribution in [2.75, 3.05) is 16.8 Å². The van der Waals surface area contributed by atoms with Crippen LogP contribution >= 0.6 is 0 Å². The van der Waals surface area contributed by atoms with Crippen LogP contribution in [0.2, 0.25) is 0 Å². The number of hydrogen-bond acceptors (Lipinski definition) is 5. The number of anilines is 2. The van der Waals surface area contributed by atoms with Crippen LogP contribution in [0.15, 0.2) is 49.2 Å². The van der Waals surface area contributed by atoms with Gasteiger partial charge in [0, 0.05) is 30.5 Å². The Labute approximate surface area is 162 Å². The third kappa shape index (κ3) is 3.85. The van der Waals surface area contributed by atoms with Gasteiger partial charge < -0.3 is 10.2 Å². The Balaban J connectivity index is 1.51. The van der Waals surface area contributed by atoms with Crippen molar-refractivity contribution >= 4 is 17.4 Å². The second-order valence-corrected chi connectivity index (χ2v) is 6.90. The number of benzene rings is 1. The van der Waals surface area contributed by atoms with Crippen molar-refractivity contribution in [2.45, 2.75) is 32.2 Å². The lowest BCUT2D eigenvalue weighted by Crippen LogP contribution is -2.38. The van der Waals surface area contributed by atoms with E-state index in [1.807, 2.05) is 6.07 Å². The minimum Gasteiger partial charge on any atom is -0.354 e. The van der Waals surface area contributed by atoms with Gasteiger partial charge in [-0.2, -0.15) is 0 Å². The molecule has 1 saturated heterocycles. The van der Waals surface area contributed by atoms with Crippen LogP contribution in [0.5, 0.6) is 0 Å². The van der Waals surface area contributed by atoms with Gasteiger partial charge in [0.1, 0.15) is 35.8 Å². The molecule has 8 heteroatoms. The van der Waals surface area contributed by atoms with Gasteiger partial charge in [0.2, 0.25) is 0 Å². The molecular formula is C20H21FN6O. The van der Waals surface area contributed by atoms with Gasteiger partial charge in [0.25, 0.3) is 5.91 Å². The maximum atomic E-state index is 13.0. The number of carbonyl (C=O) groups excluding carboxylic acids is 1. The van der Waals surface area contributed by atoms with Crippen molar-refractivity contribution < 1.29 is 9.18 Å². The first kappa shape index (κ1) is 18.1. The number of nitrogens with zero attached hydrogens (tertiary/aromatic N) is 5. The van der Waals surface area contributed by atoms with Crippen LogP contribution in [-0.2, 0) is 0 Å². The first-order valence-electron chi connectivity index (χ1n) is 9.30. The van der Waals surface area contributed by atoms with E-state index in [9.17, 15) is 9.18 Å². The number of piperidine rings is 1. The highest BCUT2D eigenvalue weighted by atomic mass is 19.1. The summed E-state index contributed by atoms with van der Waals surface area (Å²) in [7, 11) is 0. The molecule has 4 rings (SSSR count). The molecule has 1 N–H and O–H groups in total. The summed E-state index contributed by atoms with van der Waals surface area (Å²) in [6.45, 7) is 3.18. The molecule has 0 bridgehead atoms. The third-order valence-electron chi connectivity index (χ3n) is 4.92. The zero-order chi connectivity index (χ0) is 19.5. The Hall–Kier alpha value is -3.29. The molecule has 0 aliphatic carbocycles. The zero-order valence-electron chi connectivity index (χ0n) is 15.5. The Morgan fingerprint density at radius 2 is 1.93 bits per heavy atom. The summed E-state index contributed by atoms with van der Waals surface area (Å²) in [6, 6.07) is 7.93. The second kappa shape index (κ2) is 7.75. The molecule has 1 fully saturated rings. The van der Waals surface area contributed by atoms with Gasteiger partial charge in [0.05, 0.1) is 0 Å². The average molecular weight is 380 g/mol. The molecular weight excluding hydrogens is 359 g/mol. The number of amides is 1. The lowest BCUT2D eigenvalue weighted by atomic mass is 10.0. The van der Waals surface area contributed by atoms with Gasteiger partial charge in [-0.15, -0.1) is 0 Å². The molecule has 1 unspecified atom stereocenters. The van der Waals surface area contributed by atoms with Crippen molar-refractivity contribution in [2.24, 2.45) is 0 Å². The summed E-state index contributed by atoms with van der Waals surface area (Å²) >= 11 is 0. The van der Waals surface area contributed by atoms with Crippen LogP contribution in [0.3, 0.4) is 0 Å². The predicted octanol–water partition coefficient (Wildman–Crippen LogP) is 3.43. The second-order valence-electron chi connectivity index (χ2n) is 6.90. The van der Waals surface area contributed by atoms with E-state index in [1.54, 1.807) is 17.1 Å². The van der Waals surface area contributed by atoms with Crippen molar-refractivity contribution in [3.63, 3.8) is 0 Å². The minimum absolute atomic E-state index is 0.246. The number of imidazole rings is 1. The highest BCUT2D eigenvalue weighted by Crippen LogP contribution is 2.23. The third-order valence-corrected chi connectivity index (χ3v) is 4.92. The van der Waals surface area contributed by atoms with Gasteiger partial charge in [-0.1, -0.05) is 0 Å². The van der Waals surface area contributed by atoms with Crippen LogP contribution in [0.4, 0.5) is 15.9 Å². The average Bonchev–Trinajstić information content (AvgIpc) is 3.21. The molecule has 1 aliphatic rings. The summed E-state index contributed by atoms with van der Waals surface area (Å²) in [4.78, 5) is 27.6. The number of aromatic nitrogens is 4. The highest BCUT2D eigenvalue weighted by molar-refractivity contribution is 6.02. The van der Waals surface area contributed by atoms with Crippen molar-refractivity contribution in [3.05, 3.63) is 60.7 Å². The Morgan fingerprint density at radius 1 is 1.14 bits per heavy atom. The summed E-state index contributed by atoms with van der Waals surface area (Å²) in [5.41, 5.74) is 0.750. The van der Waals surface area contributed by atoms with Crippen LogP contribution in [-0.4, -0.2) is 38.0 Å². The van der Waals surface area contributed by atoms with E-state index >= 15 is 0 Å². The highest BCUT2D eigenvalue weighted by Gasteiger charge is 2.20. The van der Waals surface area contributed by atoms with Crippen molar-refractivity contribution in [1.29, 1.82) is 0 Å². The molecule has 0 spiro atoms. The summed E-state index contributed by atoms with van der Waals surface area (Å²) in [5.74, 6) is 0.800. The zero-order valence-corrected chi connectivity index (χ0v) is 15.5. The summed E-state index contributed by atoms with van der Waals surface area (Å²) in [6.07, 6.45) is 8.24. The number of rotatable bonds is 4. The molecule has 0 saturated carbocycles. The number of halogens is 1. The fourth-order valence-electron chi connectivity index (χ4n) is 3.37. The van der Waals surface area contributed by atoms with Crippen molar-refractivity contribution in [1.82, 2.24) is 19.5 Å². The van der Waals surface area contributed by atoms with E-state index < -0.39 is 0 Å². The van der Waals surface area contributed by atoms with E-state index in [0.717, 1.165) is 25.2 Å². The largest absolute Gasteiger partial charge is 0.354 e. The van der Waals surface area contributed by atoms with E-state index in [-0.39, 0.29) is 17.4 Å². The molecule has 1 atom stereocenters.